The fraction of sp³-hybridized carbons (Fsp3) is 0.692. The van der Waals surface area contributed by atoms with E-state index in [-0.39, 0.29) is 0 Å². The number of hydrogen-bond acceptors (Lipinski definition) is 6. The average molecular weight is 267 g/mol. The predicted molar refractivity (Wildman–Crippen MR) is 78.8 cm³/mol. The molecule has 6 heteroatoms. The van der Waals surface area contributed by atoms with Gasteiger partial charge in [0.15, 0.2) is 0 Å². The zero-order valence-corrected chi connectivity index (χ0v) is 12.4. The minimum atomic E-state index is 0.758. The molecule has 2 N–H and O–H groups in total. The summed E-state index contributed by atoms with van der Waals surface area (Å²) >= 11 is 0. The molecule has 0 amide bonds. The number of hydrogen-bond donors (Lipinski definition) is 2. The molecule has 0 saturated carbocycles. The van der Waals surface area contributed by atoms with Gasteiger partial charge < -0.3 is 20.3 Å². The summed E-state index contributed by atoms with van der Waals surface area (Å²) in [6, 6.07) is 0. The van der Waals surface area contributed by atoms with E-state index in [0.717, 1.165) is 49.9 Å². The molecule has 0 radical (unpaired) electrons. The second-order valence-corrected chi connectivity index (χ2v) is 4.38. The van der Waals surface area contributed by atoms with E-state index < -0.39 is 0 Å². The third-order valence-electron chi connectivity index (χ3n) is 3.00. The largest absolute Gasteiger partial charge is 0.383 e. The summed E-state index contributed by atoms with van der Waals surface area (Å²) in [7, 11) is 5.68. The first-order chi connectivity index (χ1) is 9.22. The van der Waals surface area contributed by atoms with E-state index in [1.54, 1.807) is 13.4 Å². The van der Waals surface area contributed by atoms with Gasteiger partial charge >= 0.3 is 0 Å². The highest BCUT2D eigenvalue weighted by Gasteiger charge is 2.08. The lowest BCUT2D eigenvalue weighted by Crippen LogP contribution is -2.28. The Morgan fingerprint density at radius 3 is 2.63 bits per heavy atom. The quantitative estimate of drug-likeness (QED) is 0.698. The molecule has 19 heavy (non-hydrogen) atoms. The van der Waals surface area contributed by atoms with Gasteiger partial charge in [0.1, 0.15) is 18.0 Å². The van der Waals surface area contributed by atoms with Crippen LogP contribution in [0.4, 0.5) is 11.6 Å². The molecule has 0 fully saturated rings. The van der Waals surface area contributed by atoms with E-state index >= 15 is 0 Å². The Hall–Kier alpha value is -1.40. The first-order valence-corrected chi connectivity index (χ1v) is 6.65. The van der Waals surface area contributed by atoms with Crippen molar-refractivity contribution in [3.05, 3.63) is 11.9 Å². The number of nitrogens with one attached hydrogen (secondary N) is 2. The van der Waals surface area contributed by atoms with Crippen molar-refractivity contribution in [1.82, 2.24) is 14.9 Å². The van der Waals surface area contributed by atoms with Crippen LogP contribution < -0.4 is 10.6 Å². The van der Waals surface area contributed by atoms with Gasteiger partial charge in [-0.05, 0) is 13.5 Å². The third kappa shape index (κ3) is 5.00. The van der Waals surface area contributed by atoms with E-state index in [1.165, 1.54) is 0 Å². The summed E-state index contributed by atoms with van der Waals surface area (Å²) in [5, 5.41) is 6.47. The van der Waals surface area contributed by atoms with Crippen molar-refractivity contribution in [3.8, 4) is 0 Å². The second kappa shape index (κ2) is 8.66. The van der Waals surface area contributed by atoms with Gasteiger partial charge in [0, 0.05) is 39.4 Å². The standard InChI is InChI=1S/C13H25N5O/c1-5-11-12(14-2)16-10-17-13(11)15-6-7-18(3)8-9-19-4/h10H,5-9H2,1-4H3,(H2,14,15,16,17). The van der Waals surface area contributed by atoms with Crippen LogP contribution in [0.2, 0.25) is 0 Å². The number of rotatable bonds is 9. The van der Waals surface area contributed by atoms with Crippen molar-refractivity contribution >= 4 is 11.6 Å². The van der Waals surface area contributed by atoms with Crippen molar-refractivity contribution in [3.63, 3.8) is 0 Å². The van der Waals surface area contributed by atoms with Crippen LogP contribution in [-0.2, 0) is 11.2 Å². The molecule has 0 aromatic carbocycles. The fourth-order valence-corrected chi connectivity index (χ4v) is 1.84. The molecule has 6 nitrogen and oxygen atoms in total. The summed E-state index contributed by atoms with van der Waals surface area (Å²) in [5.74, 6) is 1.81. The van der Waals surface area contributed by atoms with Crippen LogP contribution in [0.5, 0.6) is 0 Å². The molecule has 0 bridgehead atoms. The van der Waals surface area contributed by atoms with Gasteiger partial charge in [-0.3, -0.25) is 0 Å². The molecule has 0 unspecified atom stereocenters. The van der Waals surface area contributed by atoms with Crippen LogP contribution in [0.15, 0.2) is 6.33 Å². The van der Waals surface area contributed by atoms with E-state index in [4.69, 9.17) is 4.74 Å². The van der Waals surface area contributed by atoms with Gasteiger partial charge in [-0.25, -0.2) is 9.97 Å². The Kier molecular flexibility index (Phi) is 7.14. The van der Waals surface area contributed by atoms with Gasteiger partial charge in [0.05, 0.1) is 6.61 Å². The SMILES string of the molecule is CCc1c(NC)ncnc1NCCN(C)CCOC. The number of anilines is 2. The van der Waals surface area contributed by atoms with Gasteiger partial charge in [-0.2, -0.15) is 0 Å². The number of methoxy groups -OCH3 is 1. The van der Waals surface area contributed by atoms with Crippen LogP contribution in [0.3, 0.4) is 0 Å². The highest BCUT2D eigenvalue weighted by Crippen LogP contribution is 2.19. The molecule has 0 aliphatic heterocycles. The molecule has 1 heterocycles. The summed E-state index contributed by atoms with van der Waals surface area (Å²) in [6.45, 7) is 5.60. The molecule has 1 rings (SSSR count). The molecule has 108 valence electrons. The van der Waals surface area contributed by atoms with Crippen LogP contribution >= 0.6 is 0 Å². The Labute approximate surface area is 115 Å². The molecule has 1 aromatic heterocycles. The minimum Gasteiger partial charge on any atom is -0.383 e. The molecule has 1 aromatic rings. The number of likely N-dealkylation sites (N-methyl/N-ethyl adjacent to an activating group) is 1. The lowest BCUT2D eigenvalue weighted by atomic mass is 10.2. The highest BCUT2D eigenvalue weighted by atomic mass is 16.5. The highest BCUT2D eigenvalue weighted by molar-refractivity contribution is 5.57. The van der Waals surface area contributed by atoms with Crippen molar-refractivity contribution in [2.45, 2.75) is 13.3 Å². The van der Waals surface area contributed by atoms with E-state index in [9.17, 15) is 0 Å². The Balaban J connectivity index is 2.49. The first-order valence-electron chi connectivity index (χ1n) is 6.65. The Morgan fingerprint density at radius 1 is 1.26 bits per heavy atom. The predicted octanol–water partition coefficient (Wildman–Crippen LogP) is 1.07. The first kappa shape index (κ1) is 15.7. The molecule has 0 aliphatic carbocycles. The van der Waals surface area contributed by atoms with Crippen LogP contribution in [-0.4, -0.2) is 62.3 Å². The third-order valence-corrected chi connectivity index (χ3v) is 3.00. The fourth-order valence-electron chi connectivity index (χ4n) is 1.84. The van der Waals surface area contributed by atoms with E-state index in [2.05, 4.69) is 39.5 Å². The smallest absolute Gasteiger partial charge is 0.134 e. The molecule has 0 atom stereocenters. The summed E-state index contributed by atoms with van der Waals surface area (Å²) in [5.41, 5.74) is 1.13. The van der Waals surface area contributed by atoms with Crippen molar-refractivity contribution in [1.29, 1.82) is 0 Å². The van der Waals surface area contributed by atoms with Crippen LogP contribution in [0.25, 0.3) is 0 Å². The maximum atomic E-state index is 5.05. The maximum absolute atomic E-state index is 5.05. The molecule has 0 aliphatic rings. The van der Waals surface area contributed by atoms with Crippen molar-refractivity contribution in [2.75, 3.05) is 58.1 Å². The zero-order chi connectivity index (χ0) is 14.1. The summed E-state index contributed by atoms with van der Waals surface area (Å²) in [4.78, 5) is 10.8. The van der Waals surface area contributed by atoms with Gasteiger partial charge in [0.25, 0.3) is 0 Å². The Bertz CT molecular complexity index is 372. The topological polar surface area (TPSA) is 62.3 Å². The minimum absolute atomic E-state index is 0.758. The second-order valence-electron chi connectivity index (χ2n) is 4.38. The van der Waals surface area contributed by atoms with E-state index in [0.29, 0.717) is 0 Å². The molecular formula is C13H25N5O. The van der Waals surface area contributed by atoms with Gasteiger partial charge in [-0.15, -0.1) is 0 Å². The molecular weight excluding hydrogens is 242 g/mol. The maximum Gasteiger partial charge on any atom is 0.134 e. The number of ether oxygens (including phenoxy) is 1. The number of aromatic nitrogens is 2. The normalized spacial score (nSPS) is 10.8. The lowest BCUT2D eigenvalue weighted by molar-refractivity contribution is 0.163. The molecule has 0 spiro atoms. The van der Waals surface area contributed by atoms with Gasteiger partial charge in [0.2, 0.25) is 0 Å². The van der Waals surface area contributed by atoms with Crippen LogP contribution in [0.1, 0.15) is 12.5 Å². The Morgan fingerprint density at radius 2 is 2.00 bits per heavy atom. The number of nitrogens with zero attached hydrogens (tertiary/aromatic N) is 3. The van der Waals surface area contributed by atoms with Crippen LogP contribution in [0, 0.1) is 0 Å². The van der Waals surface area contributed by atoms with Crippen molar-refractivity contribution in [2.24, 2.45) is 0 Å². The average Bonchev–Trinajstić information content (AvgIpc) is 2.44. The lowest BCUT2D eigenvalue weighted by Gasteiger charge is -2.17. The van der Waals surface area contributed by atoms with Gasteiger partial charge in [-0.1, -0.05) is 6.92 Å². The molecule has 0 saturated heterocycles. The zero-order valence-electron chi connectivity index (χ0n) is 12.4. The monoisotopic (exact) mass is 267 g/mol. The summed E-state index contributed by atoms with van der Waals surface area (Å²) < 4.78 is 5.05. The summed E-state index contributed by atoms with van der Waals surface area (Å²) in [6.07, 6.45) is 2.49. The van der Waals surface area contributed by atoms with E-state index in [1.807, 2.05) is 7.05 Å². The van der Waals surface area contributed by atoms with Crippen molar-refractivity contribution < 1.29 is 4.74 Å².